The molecule has 150 valence electrons. The van der Waals surface area contributed by atoms with Crippen LogP contribution in [0.5, 0.6) is 0 Å². The summed E-state index contributed by atoms with van der Waals surface area (Å²) in [6.07, 6.45) is 1.89. The molecule has 0 aliphatic rings. The van der Waals surface area contributed by atoms with Crippen LogP contribution in [0.25, 0.3) is 0 Å². The summed E-state index contributed by atoms with van der Waals surface area (Å²) in [5, 5.41) is 1.85. The molecule has 2 rings (SSSR count). The van der Waals surface area contributed by atoms with Gasteiger partial charge in [0.25, 0.3) is 5.91 Å². The molecule has 0 radical (unpaired) electrons. The summed E-state index contributed by atoms with van der Waals surface area (Å²) in [7, 11) is 0. The topological polar surface area (TPSA) is 55.4 Å². The third-order valence-corrected chi connectivity index (χ3v) is 5.12. The maximum Gasteiger partial charge on any atom is 0.319 e. The van der Waals surface area contributed by atoms with Crippen LogP contribution in [0.3, 0.4) is 0 Å². The number of thioether (sulfide) groups is 1. The molecule has 0 bridgehead atoms. The van der Waals surface area contributed by atoms with Gasteiger partial charge in [0.2, 0.25) is 0 Å². The van der Waals surface area contributed by atoms with Crippen molar-refractivity contribution >= 4 is 29.3 Å². The molecule has 1 unspecified atom stereocenters. The van der Waals surface area contributed by atoms with E-state index in [4.69, 9.17) is 4.74 Å². The Kier molecular flexibility index (Phi) is 8.44. The van der Waals surface area contributed by atoms with Crippen LogP contribution in [-0.2, 0) is 9.53 Å². The van der Waals surface area contributed by atoms with Crippen molar-refractivity contribution in [3.05, 3.63) is 59.7 Å². The highest BCUT2D eigenvalue weighted by Crippen LogP contribution is 2.33. The Morgan fingerprint density at radius 3 is 2.43 bits per heavy atom. The number of rotatable bonds is 9. The van der Waals surface area contributed by atoms with Crippen LogP contribution in [0.2, 0.25) is 0 Å². The predicted molar refractivity (Wildman–Crippen MR) is 107 cm³/mol. The molecule has 0 heterocycles. The number of anilines is 1. The lowest BCUT2D eigenvalue weighted by Crippen LogP contribution is -2.21. The SMILES string of the molecule is CCCOC(=O)C(CCC)Sc1cc(NC(=O)c2ccccc2)c(F)cc1F. The van der Waals surface area contributed by atoms with Crippen molar-refractivity contribution in [1.82, 2.24) is 0 Å². The lowest BCUT2D eigenvalue weighted by atomic mass is 10.2. The van der Waals surface area contributed by atoms with E-state index in [1.807, 2.05) is 13.8 Å². The van der Waals surface area contributed by atoms with E-state index in [0.29, 0.717) is 37.5 Å². The van der Waals surface area contributed by atoms with Crippen molar-refractivity contribution < 1.29 is 23.1 Å². The van der Waals surface area contributed by atoms with Gasteiger partial charge in [-0.3, -0.25) is 9.59 Å². The standard InChI is InChI=1S/C21H23F2NO3S/c1-3-8-18(21(26)27-11-4-2)28-19-13-17(15(22)12-16(19)23)24-20(25)14-9-6-5-7-10-14/h5-7,9-10,12-13,18H,3-4,8,11H2,1-2H3,(H,24,25). The van der Waals surface area contributed by atoms with Crippen LogP contribution in [0, 0.1) is 11.6 Å². The van der Waals surface area contributed by atoms with E-state index in [-0.39, 0.29) is 10.6 Å². The highest BCUT2D eigenvalue weighted by molar-refractivity contribution is 8.00. The first-order valence-corrected chi connectivity index (χ1v) is 10.0. The molecule has 1 amide bonds. The summed E-state index contributed by atoms with van der Waals surface area (Å²) < 4.78 is 33.6. The first-order chi connectivity index (χ1) is 13.5. The molecule has 0 spiro atoms. The summed E-state index contributed by atoms with van der Waals surface area (Å²) >= 11 is 0.977. The Morgan fingerprint density at radius 2 is 1.79 bits per heavy atom. The highest BCUT2D eigenvalue weighted by atomic mass is 32.2. The maximum atomic E-state index is 14.3. The maximum absolute atomic E-state index is 14.3. The molecule has 7 heteroatoms. The summed E-state index contributed by atoms with van der Waals surface area (Å²) in [5.41, 5.74) is 0.211. The number of carbonyl (C=O) groups is 2. The molecule has 0 fully saturated rings. The van der Waals surface area contributed by atoms with Crippen LogP contribution < -0.4 is 5.32 Å². The number of benzene rings is 2. The van der Waals surface area contributed by atoms with Crippen LogP contribution in [-0.4, -0.2) is 23.7 Å². The molecule has 28 heavy (non-hydrogen) atoms. The van der Waals surface area contributed by atoms with Crippen LogP contribution in [0.15, 0.2) is 47.4 Å². The molecular weight excluding hydrogens is 384 g/mol. The number of nitrogens with one attached hydrogen (secondary N) is 1. The molecule has 0 saturated heterocycles. The number of halogens is 2. The Morgan fingerprint density at radius 1 is 1.07 bits per heavy atom. The molecule has 1 atom stereocenters. The Labute approximate surface area is 167 Å². The number of amides is 1. The minimum absolute atomic E-state index is 0.0802. The van der Waals surface area contributed by atoms with Crippen molar-refractivity contribution in [3.8, 4) is 0 Å². The third kappa shape index (κ3) is 6.05. The fourth-order valence-corrected chi connectivity index (χ4v) is 3.62. The van der Waals surface area contributed by atoms with Gasteiger partial charge in [-0.15, -0.1) is 11.8 Å². The van der Waals surface area contributed by atoms with Gasteiger partial charge in [-0.2, -0.15) is 0 Å². The van der Waals surface area contributed by atoms with Crippen LogP contribution in [0.1, 0.15) is 43.5 Å². The zero-order chi connectivity index (χ0) is 20.5. The number of ether oxygens (including phenoxy) is 1. The third-order valence-electron chi connectivity index (χ3n) is 3.84. The van der Waals surface area contributed by atoms with Crippen molar-refractivity contribution in [3.63, 3.8) is 0 Å². The summed E-state index contributed by atoms with van der Waals surface area (Å²) in [6.45, 7) is 4.09. The lowest BCUT2D eigenvalue weighted by molar-refractivity contribution is -0.143. The first kappa shape index (κ1) is 21.9. The van der Waals surface area contributed by atoms with Gasteiger partial charge in [0, 0.05) is 16.5 Å². The molecule has 0 aromatic heterocycles. The van der Waals surface area contributed by atoms with E-state index in [1.54, 1.807) is 30.3 Å². The van der Waals surface area contributed by atoms with Crippen molar-refractivity contribution in [1.29, 1.82) is 0 Å². The Hall–Kier alpha value is -2.41. The molecule has 4 nitrogen and oxygen atoms in total. The zero-order valence-electron chi connectivity index (χ0n) is 15.8. The largest absolute Gasteiger partial charge is 0.465 e. The second-order valence-corrected chi connectivity index (χ2v) is 7.39. The summed E-state index contributed by atoms with van der Waals surface area (Å²) in [4.78, 5) is 24.6. The smallest absolute Gasteiger partial charge is 0.319 e. The van der Waals surface area contributed by atoms with Crippen LogP contribution in [0.4, 0.5) is 14.5 Å². The van der Waals surface area contributed by atoms with Crippen molar-refractivity contribution in [2.45, 2.75) is 43.3 Å². The van der Waals surface area contributed by atoms with Gasteiger partial charge in [-0.1, -0.05) is 38.5 Å². The van der Waals surface area contributed by atoms with Gasteiger partial charge >= 0.3 is 5.97 Å². The molecular formula is C21H23F2NO3S. The van der Waals surface area contributed by atoms with Gasteiger partial charge in [-0.25, -0.2) is 8.78 Å². The average molecular weight is 407 g/mol. The van der Waals surface area contributed by atoms with E-state index in [0.717, 1.165) is 11.8 Å². The summed E-state index contributed by atoms with van der Waals surface area (Å²) in [6, 6.07) is 10.2. The molecule has 0 aliphatic carbocycles. The van der Waals surface area contributed by atoms with Crippen molar-refractivity contribution in [2.75, 3.05) is 11.9 Å². The Balaban J connectivity index is 2.21. The van der Waals surface area contributed by atoms with E-state index in [1.165, 1.54) is 6.07 Å². The molecule has 0 aliphatic heterocycles. The highest BCUT2D eigenvalue weighted by Gasteiger charge is 2.23. The number of carbonyl (C=O) groups excluding carboxylic acids is 2. The van der Waals surface area contributed by atoms with E-state index >= 15 is 0 Å². The van der Waals surface area contributed by atoms with E-state index in [2.05, 4.69) is 5.32 Å². The average Bonchev–Trinajstić information content (AvgIpc) is 2.69. The lowest BCUT2D eigenvalue weighted by Gasteiger charge is -2.16. The molecule has 2 aromatic carbocycles. The second-order valence-electron chi connectivity index (χ2n) is 6.15. The quantitative estimate of drug-likeness (QED) is 0.445. The van der Waals surface area contributed by atoms with Gasteiger partial charge in [-0.05, 0) is 31.0 Å². The molecule has 0 saturated carbocycles. The zero-order valence-corrected chi connectivity index (χ0v) is 16.7. The number of hydrogen-bond donors (Lipinski definition) is 1. The van der Waals surface area contributed by atoms with Gasteiger partial charge in [0.1, 0.15) is 16.9 Å². The van der Waals surface area contributed by atoms with E-state index in [9.17, 15) is 18.4 Å². The predicted octanol–water partition coefficient (Wildman–Crippen LogP) is 5.43. The minimum Gasteiger partial charge on any atom is -0.465 e. The molecule has 1 N–H and O–H groups in total. The van der Waals surface area contributed by atoms with Crippen LogP contribution >= 0.6 is 11.8 Å². The normalized spacial score (nSPS) is 11.7. The fourth-order valence-electron chi connectivity index (χ4n) is 2.44. The Bertz CT molecular complexity index is 815. The minimum atomic E-state index is -0.883. The van der Waals surface area contributed by atoms with Gasteiger partial charge < -0.3 is 10.1 Å². The van der Waals surface area contributed by atoms with Gasteiger partial charge in [0.05, 0.1) is 12.3 Å². The summed E-state index contributed by atoms with van der Waals surface area (Å²) in [5.74, 6) is -2.60. The fraction of sp³-hybridized carbons (Fsp3) is 0.333. The van der Waals surface area contributed by atoms with Crippen molar-refractivity contribution in [2.24, 2.45) is 0 Å². The monoisotopic (exact) mass is 407 g/mol. The van der Waals surface area contributed by atoms with E-state index < -0.39 is 28.8 Å². The number of hydrogen-bond acceptors (Lipinski definition) is 4. The molecule has 2 aromatic rings. The number of esters is 1. The second kappa shape index (κ2) is 10.8. The first-order valence-electron chi connectivity index (χ1n) is 9.15. The van der Waals surface area contributed by atoms with Gasteiger partial charge in [0.15, 0.2) is 0 Å².